The van der Waals surface area contributed by atoms with Gasteiger partial charge in [0.15, 0.2) is 0 Å². The van der Waals surface area contributed by atoms with E-state index in [1.165, 1.54) is 0 Å². The molecule has 24 heavy (non-hydrogen) atoms. The smallest absolute Gasteiger partial charge is 0.223 e. The molecule has 0 radical (unpaired) electrons. The molecule has 0 aromatic heterocycles. The van der Waals surface area contributed by atoms with Crippen molar-refractivity contribution in [2.24, 2.45) is 5.92 Å². The monoisotopic (exact) mass is 356 g/mol. The van der Waals surface area contributed by atoms with Crippen molar-refractivity contribution in [3.8, 4) is 5.75 Å². The largest absolute Gasteiger partial charge is 0.497 e. The summed E-state index contributed by atoms with van der Waals surface area (Å²) in [5.41, 5.74) is 1.12. The number of methoxy groups -OCH3 is 1. The third kappa shape index (κ3) is 7.07. The third-order valence-corrected chi connectivity index (χ3v) is 4.19. The SMILES string of the molecule is COc1ccc(COCCCNC(=O)[C@H]2CCN[C@@H](C)C2)cc1.Cl. The van der Waals surface area contributed by atoms with E-state index in [1.54, 1.807) is 7.11 Å². The van der Waals surface area contributed by atoms with Gasteiger partial charge in [-0.3, -0.25) is 4.79 Å². The van der Waals surface area contributed by atoms with Crippen LogP contribution in [0, 0.1) is 5.92 Å². The Morgan fingerprint density at radius 3 is 2.75 bits per heavy atom. The van der Waals surface area contributed by atoms with Crippen molar-refractivity contribution >= 4 is 18.3 Å². The molecule has 1 aromatic rings. The van der Waals surface area contributed by atoms with Gasteiger partial charge in [-0.15, -0.1) is 12.4 Å². The number of piperidine rings is 1. The summed E-state index contributed by atoms with van der Waals surface area (Å²) in [6.07, 6.45) is 2.70. The fourth-order valence-corrected chi connectivity index (χ4v) is 2.81. The molecule has 6 heteroatoms. The van der Waals surface area contributed by atoms with E-state index < -0.39 is 0 Å². The van der Waals surface area contributed by atoms with Gasteiger partial charge >= 0.3 is 0 Å². The number of ether oxygens (including phenoxy) is 2. The number of benzene rings is 1. The average Bonchev–Trinajstić information content (AvgIpc) is 2.58. The Bertz CT molecular complexity index is 482. The van der Waals surface area contributed by atoms with Gasteiger partial charge in [0, 0.05) is 25.1 Å². The van der Waals surface area contributed by atoms with E-state index >= 15 is 0 Å². The van der Waals surface area contributed by atoms with Gasteiger partial charge < -0.3 is 20.1 Å². The molecule has 0 unspecified atom stereocenters. The molecule has 1 aliphatic heterocycles. The molecule has 136 valence electrons. The van der Waals surface area contributed by atoms with E-state index in [2.05, 4.69) is 17.6 Å². The van der Waals surface area contributed by atoms with Gasteiger partial charge in [0.2, 0.25) is 5.91 Å². The van der Waals surface area contributed by atoms with Crippen molar-refractivity contribution < 1.29 is 14.3 Å². The number of rotatable bonds is 8. The number of hydrogen-bond acceptors (Lipinski definition) is 4. The molecule has 2 atom stereocenters. The van der Waals surface area contributed by atoms with Crippen LogP contribution in [0.25, 0.3) is 0 Å². The van der Waals surface area contributed by atoms with Crippen LogP contribution in [0.4, 0.5) is 0 Å². The fourth-order valence-electron chi connectivity index (χ4n) is 2.81. The predicted molar refractivity (Wildman–Crippen MR) is 97.7 cm³/mol. The topological polar surface area (TPSA) is 59.6 Å². The highest BCUT2D eigenvalue weighted by molar-refractivity contribution is 5.85. The Hall–Kier alpha value is -1.30. The van der Waals surface area contributed by atoms with Crippen LogP contribution < -0.4 is 15.4 Å². The molecule has 2 N–H and O–H groups in total. The summed E-state index contributed by atoms with van der Waals surface area (Å²) < 4.78 is 10.8. The van der Waals surface area contributed by atoms with Crippen LogP contribution in [0.3, 0.4) is 0 Å². The van der Waals surface area contributed by atoms with Gasteiger partial charge in [0.1, 0.15) is 5.75 Å². The quantitative estimate of drug-likeness (QED) is 0.703. The molecule has 1 aromatic carbocycles. The molecular formula is C18H29ClN2O3. The minimum Gasteiger partial charge on any atom is -0.497 e. The molecule has 5 nitrogen and oxygen atoms in total. The highest BCUT2D eigenvalue weighted by Crippen LogP contribution is 2.16. The summed E-state index contributed by atoms with van der Waals surface area (Å²) in [5, 5.41) is 6.39. The number of hydrogen-bond donors (Lipinski definition) is 2. The Balaban J connectivity index is 0.00000288. The van der Waals surface area contributed by atoms with Crippen LogP contribution >= 0.6 is 12.4 Å². The molecule has 1 fully saturated rings. The van der Waals surface area contributed by atoms with E-state index in [1.807, 2.05) is 24.3 Å². The zero-order chi connectivity index (χ0) is 16.5. The maximum absolute atomic E-state index is 12.1. The molecular weight excluding hydrogens is 328 g/mol. The first kappa shape index (κ1) is 20.7. The molecule has 0 spiro atoms. The van der Waals surface area contributed by atoms with Gasteiger partial charge in [0.25, 0.3) is 0 Å². The van der Waals surface area contributed by atoms with Gasteiger partial charge in [-0.25, -0.2) is 0 Å². The van der Waals surface area contributed by atoms with Crippen molar-refractivity contribution in [1.82, 2.24) is 10.6 Å². The third-order valence-electron chi connectivity index (χ3n) is 4.19. The van der Waals surface area contributed by atoms with Crippen LogP contribution in [-0.2, 0) is 16.1 Å². The number of amides is 1. The van der Waals surface area contributed by atoms with Crippen molar-refractivity contribution in [1.29, 1.82) is 0 Å². The van der Waals surface area contributed by atoms with E-state index in [4.69, 9.17) is 9.47 Å². The molecule has 0 aliphatic carbocycles. The minimum absolute atomic E-state index is 0. The average molecular weight is 357 g/mol. The van der Waals surface area contributed by atoms with E-state index in [0.717, 1.165) is 37.1 Å². The highest BCUT2D eigenvalue weighted by Gasteiger charge is 2.24. The van der Waals surface area contributed by atoms with E-state index in [-0.39, 0.29) is 24.2 Å². The normalized spacial score (nSPS) is 20.1. The molecule has 1 heterocycles. The maximum atomic E-state index is 12.1. The highest BCUT2D eigenvalue weighted by atomic mass is 35.5. The Kier molecular flexibility index (Phi) is 9.76. The molecule has 0 bridgehead atoms. The van der Waals surface area contributed by atoms with Crippen molar-refractivity contribution in [3.63, 3.8) is 0 Å². The summed E-state index contributed by atoms with van der Waals surface area (Å²) in [7, 11) is 1.66. The van der Waals surface area contributed by atoms with Crippen LogP contribution in [0.2, 0.25) is 0 Å². The fraction of sp³-hybridized carbons (Fsp3) is 0.611. The van der Waals surface area contributed by atoms with Crippen LogP contribution in [0.15, 0.2) is 24.3 Å². The Labute approximate surface area is 150 Å². The lowest BCUT2D eigenvalue weighted by molar-refractivity contribution is -0.126. The summed E-state index contributed by atoms with van der Waals surface area (Å²) >= 11 is 0. The zero-order valence-corrected chi connectivity index (χ0v) is 15.4. The maximum Gasteiger partial charge on any atom is 0.223 e. The second-order valence-corrected chi connectivity index (χ2v) is 6.12. The van der Waals surface area contributed by atoms with Gasteiger partial charge in [-0.1, -0.05) is 12.1 Å². The summed E-state index contributed by atoms with van der Waals surface area (Å²) in [4.78, 5) is 12.1. The first-order chi connectivity index (χ1) is 11.2. The van der Waals surface area contributed by atoms with E-state index in [0.29, 0.717) is 25.8 Å². The van der Waals surface area contributed by atoms with Gasteiger partial charge in [-0.2, -0.15) is 0 Å². The molecule has 0 saturated carbocycles. The molecule has 1 aliphatic rings. The Morgan fingerprint density at radius 1 is 1.33 bits per heavy atom. The Morgan fingerprint density at radius 2 is 2.08 bits per heavy atom. The second kappa shape index (κ2) is 11.3. The number of carbonyl (C=O) groups excluding carboxylic acids is 1. The zero-order valence-electron chi connectivity index (χ0n) is 14.5. The van der Waals surface area contributed by atoms with Crippen LogP contribution in [0.5, 0.6) is 5.75 Å². The molecule has 1 saturated heterocycles. The first-order valence-corrected chi connectivity index (χ1v) is 8.41. The summed E-state index contributed by atoms with van der Waals surface area (Å²) in [5.74, 6) is 1.20. The number of carbonyl (C=O) groups is 1. The second-order valence-electron chi connectivity index (χ2n) is 6.12. The molecule has 2 rings (SSSR count). The number of nitrogens with one attached hydrogen (secondary N) is 2. The van der Waals surface area contributed by atoms with Crippen LogP contribution in [-0.4, -0.2) is 38.8 Å². The van der Waals surface area contributed by atoms with Crippen molar-refractivity contribution in [2.45, 2.75) is 38.8 Å². The lowest BCUT2D eigenvalue weighted by Crippen LogP contribution is -2.42. The van der Waals surface area contributed by atoms with Gasteiger partial charge in [-0.05, 0) is 50.4 Å². The molecule has 1 amide bonds. The lowest BCUT2D eigenvalue weighted by Gasteiger charge is -2.27. The standard InChI is InChI=1S/C18H28N2O3.ClH/c1-14-12-16(8-10-19-14)18(21)20-9-3-11-23-13-15-4-6-17(22-2)7-5-15;/h4-7,14,16,19H,3,8-13H2,1-2H3,(H,20,21);1H/t14-,16-;/m0./s1. The van der Waals surface area contributed by atoms with Crippen molar-refractivity contribution in [3.05, 3.63) is 29.8 Å². The summed E-state index contributed by atoms with van der Waals surface area (Å²) in [6, 6.07) is 8.29. The number of halogens is 1. The predicted octanol–water partition coefficient (Wildman–Crippen LogP) is 2.53. The van der Waals surface area contributed by atoms with Crippen LogP contribution in [0.1, 0.15) is 31.7 Å². The summed E-state index contributed by atoms with van der Waals surface area (Å²) in [6.45, 7) is 4.98. The first-order valence-electron chi connectivity index (χ1n) is 8.41. The van der Waals surface area contributed by atoms with Crippen molar-refractivity contribution in [2.75, 3.05) is 26.8 Å². The lowest BCUT2D eigenvalue weighted by atomic mass is 9.92. The minimum atomic E-state index is 0. The van der Waals surface area contributed by atoms with E-state index in [9.17, 15) is 4.79 Å². The van der Waals surface area contributed by atoms with Gasteiger partial charge in [0.05, 0.1) is 13.7 Å².